The van der Waals surface area contributed by atoms with Gasteiger partial charge in [-0.05, 0) is 19.1 Å². The number of ether oxygens (including phenoxy) is 1. The van der Waals surface area contributed by atoms with Crippen LogP contribution in [-0.2, 0) is 17.0 Å². The van der Waals surface area contributed by atoms with Crippen molar-refractivity contribution in [2.45, 2.75) is 24.4 Å². The van der Waals surface area contributed by atoms with Gasteiger partial charge in [-0.15, -0.1) is 10.2 Å². The smallest absolute Gasteiger partial charge is 0.191 e. The van der Waals surface area contributed by atoms with Crippen molar-refractivity contribution in [2.24, 2.45) is 0 Å². The molecule has 0 radical (unpaired) electrons. The topological polar surface area (TPSA) is 57.8 Å². The molecule has 0 saturated heterocycles. The first kappa shape index (κ1) is 17.0. The molecule has 3 rings (SSSR count). The summed E-state index contributed by atoms with van der Waals surface area (Å²) < 4.78 is 8.84. The molecule has 2 aromatic heterocycles. The van der Waals surface area contributed by atoms with Gasteiger partial charge in [-0.3, -0.25) is 0 Å². The second-order valence-electron chi connectivity index (χ2n) is 5.19. The fourth-order valence-electron chi connectivity index (χ4n) is 2.27. The van der Waals surface area contributed by atoms with Crippen molar-refractivity contribution in [1.82, 2.24) is 24.5 Å². The molecule has 0 unspecified atom stereocenters. The lowest BCUT2D eigenvalue weighted by molar-refractivity contribution is 0.184. The van der Waals surface area contributed by atoms with Crippen molar-refractivity contribution in [3.8, 4) is 5.69 Å². The number of methoxy groups -OCH3 is 1. The highest BCUT2D eigenvalue weighted by molar-refractivity contribution is 7.98. The van der Waals surface area contributed by atoms with Gasteiger partial charge in [0, 0.05) is 25.0 Å². The molecule has 6 nitrogen and oxygen atoms in total. The summed E-state index contributed by atoms with van der Waals surface area (Å²) >= 11 is 8.14. The van der Waals surface area contributed by atoms with E-state index in [4.69, 9.17) is 16.3 Å². The van der Waals surface area contributed by atoms with Gasteiger partial charge in [-0.1, -0.05) is 41.6 Å². The summed E-state index contributed by atoms with van der Waals surface area (Å²) in [5.74, 6) is 0.684. The lowest BCUT2D eigenvalue weighted by Crippen LogP contribution is -2.04. The van der Waals surface area contributed by atoms with E-state index in [9.17, 15) is 0 Å². The van der Waals surface area contributed by atoms with E-state index in [-0.39, 0.29) is 0 Å². The Kier molecular flexibility index (Phi) is 5.55. The Morgan fingerprint density at radius 2 is 2.04 bits per heavy atom. The molecular weight excluding hydrogens is 346 g/mol. The molecule has 0 aliphatic rings. The molecule has 0 amide bonds. The monoisotopic (exact) mass is 363 g/mol. The summed E-state index contributed by atoms with van der Waals surface area (Å²) in [5.41, 5.74) is 2.87. The Bertz CT molecular complexity index is 802. The maximum absolute atomic E-state index is 6.55. The molecule has 0 aliphatic heterocycles. The average molecular weight is 364 g/mol. The van der Waals surface area contributed by atoms with Crippen LogP contribution in [-0.4, -0.2) is 38.3 Å². The maximum Gasteiger partial charge on any atom is 0.191 e. The first-order valence-electron chi connectivity index (χ1n) is 7.49. The minimum Gasteiger partial charge on any atom is -0.383 e. The summed E-state index contributed by atoms with van der Waals surface area (Å²) in [5, 5.41) is 14.2. The number of hydrogen-bond donors (Lipinski definition) is 0. The molecule has 2 heterocycles. The molecule has 0 spiro atoms. The van der Waals surface area contributed by atoms with Gasteiger partial charge < -0.3 is 9.30 Å². The standard InChI is InChI=1S/C16H18ClN5OS/c1-12-14(10-24-16-19-18-11-21(16)8-9-23-2)15(17)22(20-12)13-6-4-3-5-7-13/h3-7,11H,8-10H2,1-2H3. The molecule has 8 heteroatoms. The molecule has 0 bridgehead atoms. The summed E-state index contributed by atoms with van der Waals surface area (Å²) in [7, 11) is 1.68. The van der Waals surface area contributed by atoms with Crippen LogP contribution in [0.2, 0.25) is 5.15 Å². The highest BCUT2D eigenvalue weighted by atomic mass is 35.5. The van der Waals surface area contributed by atoms with E-state index >= 15 is 0 Å². The maximum atomic E-state index is 6.55. The predicted octanol–water partition coefficient (Wildman–Crippen LogP) is 3.36. The zero-order valence-corrected chi connectivity index (χ0v) is 15.1. The minimum absolute atomic E-state index is 0.622. The number of para-hydroxylation sites is 1. The average Bonchev–Trinajstić information content (AvgIpc) is 3.16. The fourth-order valence-corrected chi connectivity index (χ4v) is 3.72. The molecule has 1 aromatic carbocycles. The van der Waals surface area contributed by atoms with Crippen LogP contribution in [0.25, 0.3) is 5.69 Å². The van der Waals surface area contributed by atoms with Crippen molar-refractivity contribution < 1.29 is 4.74 Å². The van der Waals surface area contributed by atoms with E-state index in [1.165, 1.54) is 0 Å². The Morgan fingerprint density at radius 1 is 1.25 bits per heavy atom. The van der Waals surface area contributed by atoms with E-state index in [0.717, 1.165) is 28.6 Å². The second-order valence-corrected chi connectivity index (χ2v) is 6.49. The third kappa shape index (κ3) is 3.63. The van der Waals surface area contributed by atoms with Crippen molar-refractivity contribution in [3.63, 3.8) is 0 Å². The van der Waals surface area contributed by atoms with Crippen molar-refractivity contribution in [3.05, 3.63) is 53.1 Å². The van der Waals surface area contributed by atoms with E-state index < -0.39 is 0 Å². The lowest BCUT2D eigenvalue weighted by atomic mass is 10.3. The Labute approximate surface area is 149 Å². The minimum atomic E-state index is 0.622. The Balaban J connectivity index is 1.77. The largest absolute Gasteiger partial charge is 0.383 e. The lowest BCUT2D eigenvalue weighted by Gasteiger charge is -2.06. The molecule has 0 N–H and O–H groups in total. The van der Waals surface area contributed by atoms with Gasteiger partial charge in [0.25, 0.3) is 0 Å². The van der Waals surface area contributed by atoms with E-state index in [2.05, 4.69) is 15.3 Å². The predicted molar refractivity (Wildman–Crippen MR) is 94.8 cm³/mol. The molecule has 0 aliphatic carbocycles. The van der Waals surface area contributed by atoms with Crippen LogP contribution >= 0.6 is 23.4 Å². The van der Waals surface area contributed by atoms with Gasteiger partial charge >= 0.3 is 0 Å². The molecular formula is C16H18ClN5OS. The number of thioether (sulfide) groups is 1. The summed E-state index contributed by atoms with van der Waals surface area (Å²) in [4.78, 5) is 0. The molecule has 0 saturated carbocycles. The normalized spacial score (nSPS) is 11.1. The van der Waals surface area contributed by atoms with Crippen molar-refractivity contribution >= 4 is 23.4 Å². The molecule has 126 valence electrons. The molecule has 0 fully saturated rings. The molecule has 3 aromatic rings. The zero-order chi connectivity index (χ0) is 16.9. The van der Waals surface area contributed by atoms with E-state index in [1.807, 2.05) is 41.8 Å². The number of halogens is 1. The zero-order valence-electron chi connectivity index (χ0n) is 13.5. The summed E-state index contributed by atoms with van der Waals surface area (Å²) in [6.45, 7) is 3.32. The third-order valence-electron chi connectivity index (χ3n) is 3.58. The third-order valence-corrected chi connectivity index (χ3v) is 4.98. The first-order valence-corrected chi connectivity index (χ1v) is 8.86. The van der Waals surface area contributed by atoms with Gasteiger partial charge in [0.2, 0.25) is 0 Å². The highest BCUT2D eigenvalue weighted by Crippen LogP contribution is 2.29. The SMILES string of the molecule is COCCn1cnnc1SCc1c(C)nn(-c2ccccc2)c1Cl. The van der Waals surface area contributed by atoms with Crippen LogP contribution < -0.4 is 0 Å². The van der Waals surface area contributed by atoms with Crippen molar-refractivity contribution in [1.29, 1.82) is 0 Å². The van der Waals surface area contributed by atoms with Crippen LogP contribution in [0.1, 0.15) is 11.3 Å². The number of hydrogen-bond acceptors (Lipinski definition) is 5. The first-order chi connectivity index (χ1) is 11.7. The van der Waals surface area contributed by atoms with Gasteiger partial charge in [0.15, 0.2) is 5.16 Å². The Morgan fingerprint density at radius 3 is 2.79 bits per heavy atom. The van der Waals surface area contributed by atoms with Crippen LogP contribution in [0, 0.1) is 6.92 Å². The summed E-state index contributed by atoms with van der Waals surface area (Å²) in [6.07, 6.45) is 1.71. The quantitative estimate of drug-likeness (QED) is 0.602. The Hall–Kier alpha value is -1.83. The fraction of sp³-hybridized carbons (Fsp3) is 0.312. The van der Waals surface area contributed by atoms with Gasteiger partial charge in [0.1, 0.15) is 11.5 Å². The number of nitrogens with zero attached hydrogens (tertiary/aromatic N) is 5. The van der Waals surface area contributed by atoms with Gasteiger partial charge in [0.05, 0.1) is 18.0 Å². The van der Waals surface area contributed by atoms with Crippen LogP contribution in [0.4, 0.5) is 0 Å². The summed E-state index contributed by atoms with van der Waals surface area (Å²) in [6, 6.07) is 9.87. The molecule has 24 heavy (non-hydrogen) atoms. The second kappa shape index (κ2) is 7.83. The van der Waals surface area contributed by atoms with E-state index in [1.54, 1.807) is 29.9 Å². The number of aryl methyl sites for hydroxylation is 1. The molecule has 0 atom stereocenters. The van der Waals surface area contributed by atoms with E-state index in [0.29, 0.717) is 17.5 Å². The number of rotatable bonds is 7. The van der Waals surface area contributed by atoms with Crippen LogP contribution in [0.15, 0.2) is 41.8 Å². The van der Waals surface area contributed by atoms with Crippen LogP contribution in [0.5, 0.6) is 0 Å². The van der Waals surface area contributed by atoms with Crippen molar-refractivity contribution in [2.75, 3.05) is 13.7 Å². The highest BCUT2D eigenvalue weighted by Gasteiger charge is 2.16. The van der Waals surface area contributed by atoms with Gasteiger partial charge in [-0.25, -0.2) is 4.68 Å². The van der Waals surface area contributed by atoms with Crippen LogP contribution in [0.3, 0.4) is 0 Å². The van der Waals surface area contributed by atoms with Gasteiger partial charge in [-0.2, -0.15) is 5.10 Å². The number of benzene rings is 1. The number of aromatic nitrogens is 5.